The van der Waals surface area contributed by atoms with Crippen molar-refractivity contribution < 1.29 is 22.3 Å². The lowest BCUT2D eigenvalue weighted by atomic mass is 10.1. The summed E-state index contributed by atoms with van der Waals surface area (Å²) < 4.78 is 55.3. The molecule has 0 bridgehead atoms. The number of nitrogens with one attached hydrogen (secondary N) is 1. The highest BCUT2D eigenvalue weighted by molar-refractivity contribution is 5.31. The van der Waals surface area contributed by atoms with Crippen molar-refractivity contribution >= 4 is 0 Å². The predicted molar refractivity (Wildman–Crippen MR) is 50.8 cm³/mol. The van der Waals surface area contributed by atoms with Gasteiger partial charge in [0, 0.05) is 0 Å². The molecule has 1 aromatic carbocycles. The Morgan fingerprint density at radius 2 is 1.94 bits per heavy atom. The first-order valence-electron chi connectivity index (χ1n) is 4.47. The van der Waals surface area contributed by atoms with Crippen LogP contribution in [0.15, 0.2) is 18.2 Å². The van der Waals surface area contributed by atoms with Crippen molar-refractivity contribution in [1.82, 2.24) is 5.32 Å². The Morgan fingerprint density at radius 3 is 2.31 bits per heavy atom. The van der Waals surface area contributed by atoms with Gasteiger partial charge in [0.05, 0.1) is 7.11 Å². The molecule has 0 saturated heterocycles. The molecule has 0 aliphatic heterocycles. The standard InChI is InChI=1S/C10H11F4NO/c1-15-9(10(12,13)14)6-3-4-8(16-2)7(11)5-6/h3-5,9,15H,1-2H3. The molecule has 0 spiro atoms. The van der Waals surface area contributed by atoms with Crippen LogP contribution in [0.4, 0.5) is 17.6 Å². The van der Waals surface area contributed by atoms with Gasteiger partial charge in [0.1, 0.15) is 6.04 Å². The smallest absolute Gasteiger partial charge is 0.407 e. The van der Waals surface area contributed by atoms with E-state index in [1.165, 1.54) is 26.3 Å². The molecule has 0 aromatic heterocycles. The topological polar surface area (TPSA) is 21.3 Å². The van der Waals surface area contributed by atoms with Crippen molar-refractivity contribution in [2.75, 3.05) is 14.2 Å². The summed E-state index contributed by atoms with van der Waals surface area (Å²) in [5.41, 5.74) is -0.187. The van der Waals surface area contributed by atoms with Gasteiger partial charge < -0.3 is 10.1 Å². The molecule has 0 heterocycles. The van der Waals surface area contributed by atoms with Crippen molar-refractivity contribution in [3.8, 4) is 5.75 Å². The Hall–Kier alpha value is -1.30. The van der Waals surface area contributed by atoms with Crippen LogP contribution in [-0.4, -0.2) is 20.3 Å². The van der Waals surface area contributed by atoms with E-state index in [0.717, 1.165) is 6.07 Å². The van der Waals surface area contributed by atoms with Gasteiger partial charge >= 0.3 is 6.18 Å². The van der Waals surface area contributed by atoms with Crippen LogP contribution in [0.3, 0.4) is 0 Å². The maximum absolute atomic E-state index is 13.2. The number of hydrogen-bond acceptors (Lipinski definition) is 2. The minimum absolute atomic E-state index is 0.0826. The minimum atomic E-state index is -4.46. The molecule has 90 valence electrons. The molecule has 1 aromatic rings. The number of hydrogen-bond donors (Lipinski definition) is 1. The zero-order chi connectivity index (χ0) is 12.3. The number of benzene rings is 1. The second-order valence-electron chi connectivity index (χ2n) is 3.16. The summed E-state index contributed by atoms with van der Waals surface area (Å²) in [5.74, 6) is -0.898. The average molecular weight is 237 g/mol. The summed E-state index contributed by atoms with van der Waals surface area (Å²) in [5, 5.41) is 2.09. The highest BCUT2D eigenvalue weighted by Crippen LogP contribution is 2.33. The largest absolute Gasteiger partial charge is 0.494 e. The van der Waals surface area contributed by atoms with E-state index in [1.807, 2.05) is 0 Å². The van der Waals surface area contributed by atoms with Crippen molar-refractivity contribution in [2.45, 2.75) is 12.2 Å². The molecular weight excluding hydrogens is 226 g/mol. The molecule has 0 aliphatic carbocycles. The van der Waals surface area contributed by atoms with Crippen molar-refractivity contribution in [3.05, 3.63) is 29.6 Å². The lowest BCUT2D eigenvalue weighted by molar-refractivity contribution is -0.156. The third-order valence-electron chi connectivity index (χ3n) is 2.13. The van der Waals surface area contributed by atoms with Crippen LogP contribution in [0.5, 0.6) is 5.75 Å². The van der Waals surface area contributed by atoms with Crippen LogP contribution >= 0.6 is 0 Å². The molecule has 2 nitrogen and oxygen atoms in total. The van der Waals surface area contributed by atoms with Gasteiger partial charge in [0.2, 0.25) is 0 Å². The second-order valence-corrected chi connectivity index (χ2v) is 3.16. The molecule has 0 aliphatic rings. The van der Waals surface area contributed by atoms with Gasteiger partial charge in [0.25, 0.3) is 0 Å². The van der Waals surface area contributed by atoms with Crippen LogP contribution in [-0.2, 0) is 0 Å². The van der Waals surface area contributed by atoms with E-state index in [-0.39, 0.29) is 11.3 Å². The summed E-state index contributed by atoms with van der Waals surface area (Å²) in [6, 6.07) is 1.28. The first kappa shape index (κ1) is 12.8. The number of halogens is 4. The van der Waals surface area contributed by atoms with Crippen LogP contribution in [0.25, 0.3) is 0 Å². The summed E-state index contributed by atoms with van der Waals surface area (Å²) in [6.45, 7) is 0. The average Bonchev–Trinajstić information content (AvgIpc) is 2.17. The van der Waals surface area contributed by atoms with Crippen LogP contribution in [0.2, 0.25) is 0 Å². The molecule has 1 unspecified atom stereocenters. The Bertz CT molecular complexity index is 364. The van der Waals surface area contributed by atoms with E-state index in [2.05, 4.69) is 10.1 Å². The number of methoxy groups -OCH3 is 1. The normalized spacial score (nSPS) is 13.6. The maximum atomic E-state index is 13.2. The van der Waals surface area contributed by atoms with Crippen molar-refractivity contribution in [1.29, 1.82) is 0 Å². The van der Waals surface area contributed by atoms with Crippen LogP contribution < -0.4 is 10.1 Å². The number of alkyl halides is 3. The summed E-state index contributed by atoms with van der Waals surface area (Å²) >= 11 is 0. The monoisotopic (exact) mass is 237 g/mol. The van der Waals surface area contributed by atoms with E-state index in [1.54, 1.807) is 0 Å². The van der Waals surface area contributed by atoms with Crippen molar-refractivity contribution in [2.24, 2.45) is 0 Å². The fourth-order valence-electron chi connectivity index (χ4n) is 1.38. The Labute approximate surface area is 90.2 Å². The molecule has 1 rings (SSSR count). The fraction of sp³-hybridized carbons (Fsp3) is 0.400. The molecule has 1 atom stereocenters. The zero-order valence-corrected chi connectivity index (χ0v) is 8.73. The Kier molecular flexibility index (Phi) is 3.74. The van der Waals surface area contributed by atoms with E-state index >= 15 is 0 Å². The van der Waals surface area contributed by atoms with Gasteiger partial charge in [-0.3, -0.25) is 0 Å². The highest BCUT2D eigenvalue weighted by Gasteiger charge is 2.39. The van der Waals surface area contributed by atoms with E-state index in [4.69, 9.17) is 0 Å². The molecule has 1 N–H and O–H groups in total. The van der Waals surface area contributed by atoms with Crippen LogP contribution in [0, 0.1) is 5.82 Å². The zero-order valence-electron chi connectivity index (χ0n) is 8.73. The summed E-state index contributed by atoms with van der Waals surface area (Å²) in [4.78, 5) is 0. The van der Waals surface area contributed by atoms with Gasteiger partial charge in [-0.15, -0.1) is 0 Å². The number of rotatable bonds is 3. The maximum Gasteiger partial charge on any atom is 0.407 e. The first-order valence-corrected chi connectivity index (χ1v) is 4.47. The molecular formula is C10H11F4NO. The predicted octanol–water partition coefficient (Wildman–Crippen LogP) is 2.66. The van der Waals surface area contributed by atoms with Gasteiger partial charge in [-0.1, -0.05) is 6.07 Å². The summed E-state index contributed by atoms with van der Waals surface area (Å²) in [6.07, 6.45) is -4.46. The second kappa shape index (κ2) is 4.69. The van der Waals surface area contributed by atoms with Gasteiger partial charge in [-0.2, -0.15) is 13.2 Å². The quantitative estimate of drug-likeness (QED) is 0.816. The van der Waals surface area contributed by atoms with Crippen LogP contribution in [0.1, 0.15) is 11.6 Å². The van der Waals surface area contributed by atoms with E-state index in [0.29, 0.717) is 0 Å². The van der Waals surface area contributed by atoms with E-state index < -0.39 is 18.0 Å². The molecule has 0 fully saturated rings. The lowest BCUT2D eigenvalue weighted by Crippen LogP contribution is -2.31. The van der Waals surface area contributed by atoms with Gasteiger partial charge in [-0.25, -0.2) is 4.39 Å². The van der Waals surface area contributed by atoms with Crippen molar-refractivity contribution in [3.63, 3.8) is 0 Å². The minimum Gasteiger partial charge on any atom is -0.494 e. The molecule has 6 heteroatoms. The molecule has 0 amide bonds. The fourth-order valence-corrected chi connectivity index (χ4v) is 1.38. The third kappa shape index (κ3) is 2.63. The Morgan fingerprint density at radius 1 is 1.31 bits per heavy atom. The van der Waals surface area contributed by atoms with E-state index in [9.17, 15) is 17.6 Å². The SMILES string of the molecule is CNC(c1ccc(OC)c(F)c1)C(F)(F)F. The number of ether oxygens (including phenoxy) is 1. The van der Waals surface area contributed by atoms with Gasteiger partial charge in [0.15, 0.2) is 11.6 Å². The summed E-state index contributed by atoms with van der Waals surface area (Å²) in [7, 11) is 2.41. The first-order chi connectivity index (χ1) is 7.40. The third-order valence-corrected chi connectivity index (χ3v) is 2.13. The molecule has 0 saturated carbocycles. The Balaban J connectivity index is 3.08. The lowest BCUT2D eigenvalue weighted by Gasteiger charge is -2.20. The molecule has 0 radical (unpaired) electrons. The molecule has 16 heavy (non-hydrogen) atoms. The van der Waals surface area contributed by atoms with Gasteiger partial charge in [-0.05, 0) is 24.7 Å². The highest BCUT2D eigenvalue weighted by atomic mass is 19.4.